The fourth-order valence-electron chi connectivity index (χ4n) is 2.22. The molecule has 1 N–H and O–H groups in total. The summed E-state index contributed by atoms with van der Waals surface area (Å²) in [5.74, 6) is 0.752. The van der Waals surface area contributed by atoms with Crippen LogP contribution < -0.4 is 5.32 Å². The lowest BCUT2D eigenvalue weighted by molar-refractivity contribution is 0.338. The summed E-state index contributed by atoms with van der Waals surface area (Å²) in [5.41, 5.74) is 2.16. The third-order valence-corrected chi connectivity index (χ3v) is 3.86. The first kappa shape index (κ1) is 12.1. The van der Waals surface area contributed by atoms with Crippen LogP contribution in [0, 0.1) is 22.7 Å². The van der Waals surface area contributed by atoms with Crippen LogP contribution in [0.5, 0.6) is 0 Å². The van der Waals surface area contributed by atoms with Crippen LogP contribution in [0.4, 0.5) is 0 Å². The lowest BCUT2D eigenvalue weighted by Gasteiger charge is -2.20. The summed E-state index contributed by atoms with van der Waals surface area (Å²) in [6.07, 6.45) is 4.39. The number of hydrogen-bond donors (Lipinski definition) is 1. The van der Waals surface area contributed by atoms with Gasteiger partial charge < -0.3 is 5.32 Å². The van der Waals surface area contributed by atoms with Crippen LogP contribution in [0.1, 0.15) is 37.9 Å². The average molecular weight is 229 g/mol. The van der Waals surface area contributed by atoms with Gasteiger partial charge in [0.2, 0.25) is 0 Å². The monoisotopic (exact) mass is 229 g/mol. The fourth-order valence-corrected chi connectivity index (χ4v) is 2.22. The molecule has 1 aliphatic carbocycles. The smallest absolute Gasteiger partial charge is 0.140 e. The zero-order chi connectivity index (χ0) is 12.3. The maximum Gasteiger partial charge on any atom is 0.140 e. The minimum Gasteiger partial charge on any atom is -0.312 e. The Morgan fingerprint density at radius 3 is 2.88 bits per heavy atom. The van der Waals surface area contributed by atoms with Crippen molar-refractivity contribution >= 4 is 0 Å². The summed E-state index contributed by atoms with van der Waals surface area (Å²) in [5, 5.41) is 12.3. The third-order valence-electron chi connectivity index (χ3n) is 3.86. The molecule has 0 aliphatic heterocycles. The minimum absolute atomic E-state index is 0.495. The summed E-state index contributed by atoms with van der Waals surface area (Å²) >= 11 is 0. The Morgan fingerprint density at radius 2 is 2.29 bits per heavy atom. The fraction of sp³-hybridized carbons (Fsp3) is 0.571. The van der Waals surface area contributed by atoms with Crippen molar-refractivity contribution < 1.29 is 0 Å². The van der Waals surface area contributed by atoms with E-state index < -0.39 is 0 Å². The molecule has 1 aromatic rings. The van der Waals surface area contributed by atoms with Crippen molar-refractivity contribution in [3.63, 3.8) is 0 Å². The number of nitrogens with zero attached hydrogens (tertiary/aromatic N) is 2. The van der Waals surface area contributed by atoms with Gasteiger partial charge in [0.15, 0.2) is 0 Å². The highest BCUT2D eigenvalue weighted by atomic mass is 14.9. The average Bonchev–Trinajstić information content (AvgIpc) is 3.11. The minimum atomic E-state index is 0.495. The second-order valence-electron chi connectivity index (χ2n) is 5.28. The van der Waals surface area contributed by atoms with Crippen molar-refractivity contribution in [3.05, 3.63) is 29.6 Å². The van der Waals surface area contributed by atoms with Crippen molar-refractivity contribution in [2.24, 2.45) is 11.3 Å². The van der Waals surface area contributed by atoms with Crippen LogP contribution in [-0.2, 0) is 6.54 Å². The second-order valence-corrected chi connectivity index (χ2v) is 5.28. The van der Waals surface area contributed by atoms with Gasteiger partial charge in [-0.05, 0) is 41.9 Å². The lowest BCUT2D eigenvalue weighted by Crippen LogP contribution is -2.27. The molecule has 1 saturated carbocycles. The molecule has 1 aliphatic rings. The predicted molar refractivity (Wildman–Crippen MR) is 67.2 cm³/mol. The molecule has 0 amide bonds. The Hall–Kier alpha value is -1.40. The van der Waals surface area contributed by atoms with E-state index in [1.807, 2.05) is 12.1 Å². The van der Waals surface area contributed by atoms with Crippen molar-refractivity contribution in [3.8, 4) is 6.07 Å². The van der Waals surface area contributed by atoms with Crippen molar-refractivity contribution in [2.75, 3.05) is 6.54 Å². The molecule has 1 heterocycles. The normalized spacial score (nSPS) is 16.8. The lowest BCUT2D eigenvalue weighted by atomic mass is 9.92. The highest BCUT2D eigenvalue weighted by Crippen LogP contribution is 2.51. The molecule has 3 heteroatoms. The summed E-state index contributed by atoms with van der Waals surface area (Å²) in [6.45, 7) is 6.50. The van der Waals surface area contributed by atoms with Crippen LogP contribution in [0.2, 0.25) is 0 Å². The van der Waals surface area contributed by atoms with Gasteiger partial charge in [-0.15, -0.1) is 0 Å². The molecule has 1 aromatic heterocycles. The highest BCUT2D eigenvalue weighted by molar-refractivity contribution is 5.25. The number of pyridine rings is 1. The molecule has 0 saturated heterocycles. The zero-order valence-corrected chi connectivity index (χ0v) is 10.5. The quantitative estimate of drug-likeness (QED) is 0.843. The number of aromatic nitrogens is 1. The molecular weight excluding hydrogens is 210 g/mol. The van der Waals surface area contributed by atoms with Gasteiger partial charge >= 0.3 is 0 Å². The molecule has 17 heavy (non-hydrogen) atoms. The summed E-state index contributed by atoms with van der Waals surface area (Å²) < 4.78 is 0. The Kier molecular flexibility index (Phi) is 3.44. The third kappa shape index (κ3) is 2.83. The molecule has 0 spiro atoms. The second kappa shape index (κ2) is 4.85. The Morgan fingerprint density at radius 1 is 1.53 bits per heavy atom. The van der Waals surface area contributed by atoms with Crippen molar-refractivity contribution in [1.29, 1.82) is 5.26 Å². The maximum absolute atomic E-state index is 8.77. The molecule has 90 valence electrons. The molecule has 0 atom stereocenters. The molecule has 0 radical (unpaired) electrons. The predicted octanol–water partition coefficient (Wildman–Crippen LogP) is 2.48. The number of hydrogen-bond acceptors (Lipinski definition) is 3. The van der Waals surface area contributed by atoms with Crippen molar-refractivity contribution in [2.45, 2.75) is 33.2 Å². The van der Waals surface area contributed by atoms with Crippen LogP contribution in [0.15, 0.2) is 18.3 Å². The van der Waals surface area contributed by atoms with E-state index in [1.165, 1.54) is 12.8 Å². The largest absolute Gasteiger partial charge is 0.312 e. The molecule has 3 nitrogen and oxygen atoms in total. The first-order valence-corrected chi connectivity index (χ1v) is 6.22. The van der Waals surface area contributed by atoms with E-state index in [1.54, 1.807) is 6.20 Å². The maximum atomic E-state index is 8.77. The van der Waals surface area contributed by atoms with Gasteiger partial charge in [-0.3, -0.25) is 0 Å². The highest BCUT2D eigenvalue weighted by Gasteiger charge is 2.44. The van der Waals surface area contributed by atoms with Gasteiger partial charge in [0.05, 0.1) is 0 Å². The first-order chi connectivity index (χ1) is 8.16. The van der Waals surface area contributed by atoms with Gasteiger partial charge in [-0.25, -0.2) is 4.98 Å². The summed E-state index contributed by atoms with van der Waals surface area (Å²) in [4.78, 5) is 3.97. The van der Waals surface area contributed by atoms with Crippen LogP contribution >= 0.6 is 0 Å². The molecule has 1 fully saturated rings. The van der Waals surface area contributed by atoms with Gasteiger partial charge in [-0.1, -0.05) is 13.8 Å². The standard InChI is InChI=1S/C14H19N3/c1-11(2)14(4-5-14)10-16-9-12-3-6-17-13(7-12)8-15/h3,6-7,11,16H,4-5,9-10H2,1-2H3. The molecular formula is C14H19N3. The van der Waals surface area contributed by atoms with Crippen LogP contribution in [0.3, 0.4) is 0 Å². The van der Waals surface area contributed by atoms with E-state index in [0.717, 1.165) is 24.6 Å². The number of nitrogens with one attached hydrogen (secondary N) is 1. The van der Waals surface area contributed by atoms with Gasteiger partial charge in [-0.2, -0.15) is 5.26 Å². The van der Waals surface area contributed by atoms with Gasteiger partial charge in [0, 0.05) is 19.3 Å². The summed E-state index contributed by atoms with van der Waals surface area (Å²) in [6, 6.07) is 5.88. The molecule has 0 aromatic carbocycles. The summed E-state index contributed by atoms with van der Waals surface area (Å²) in [7, 11) is 0. The van der Waals surface area contributed by atoms with Gasteiger partial charge in [0.1, 0.15) is 11.8 Å². The van der Waals surface area contributed by atoms with E-state index in [-0.39, 0.29) is 0 Å². The van der Waals surface area contributed by atoms with E-state index in [2.05, 4.69) is 30.2 Å². The zero-order valence-electron chi connectivity index (χ0n) is 10.5. The van der Waals surface area contributed by atoms with Gasteiger partial charge in [0.25, 0.3) is 0 Å². The first-order valence-electron chi connectivity index (χ1n) is 6.22. The molecule has 0 unspecified atom stereocenters. The van der Waals surface area contributed by atoms with E-state index in [9.17, 15) is 0 Å². The Labute approximate surface area is 103 Å². The topological polar surface area (TPSA) is 48.7 Å². The Bertz CT molecular complexity index is 427. The van der Waals surface area contributed by atoms with E-state index >= 15 is 0 Å². The van der Waals surface area contributed by atoms with E-state index in [4.69, 9.17) is 5.26 Å². The van der Waals surface area contributed by atoms with E-state index in [0.29, 0.717) is 11.1 Å². The van der Waals surface area contributed by atoms with Crippen molar-refractivity contribution in [1.82, 2.24) is 10.3 Å². The number of rotatable bonds is 5. The molecule has 0 bridgehead atoms. The Balaban J connectivity index is 1.84. The SMILES string of the molecule is CC(C)C1(CNCc2ccnc(C#N)c2)CC1. The van der Waals surface area contributed by atoms with Crippen LogP contribution in [-0.4, -0.2) is 11.5 Å². The van der Waals surface area contributed by atoms with Crippen LogP contribution in [0.25, 0.3) is 0 Å². The molecule has 2 rings (SSSR count). The number of nitriles is 1.